The van der Waals surface area contributed by atoms with E-state index in [4.69, 9.17) is 5.26 Å². The van der Waals surface area contributed by atoms with Gasteiger partial charge in [-0.25, -0.2) is 4.99 Å². The predicted molar refractivity (Wildman–Crippen MR) is 76.1 cm³/mol. The van der Waals surface area contributed by atoms with Gasteiger partial charge in [-0.3, -0.25) is 0 Å². The van der Waals surface area contributed by atoms with Crippen LogP contribution in [0.2, 0.25) is 0 Å². The Kier molecular flexibility index (Phi) is 4.14. The number of para-hydroxylation sites is 1. The van der Waals surface area contributed by atoms with E-state index in [0.29, 0.717) is 5.25 Å². The lowest BCUT2D eigenvalue weighted by Gasteiger charge is -2.20. The summed E-state index contributed by atoms with van der Waals surface area (Å²) in [4.78, 5) is 5.93. The highest BCUT2D eigenvalue weighted by molar-refractivity contribution is 8.16. The lowest BCUT2D eigenvalue weighted by Crippen LogP contribution is -2.14. The van der Waals surface area contributed by atoms with Crippen molar-refractivity contribution in [2.24, 2.45) is 10.9 Å². The fraction of sp³-hybridized carbons (Fsp3) is 0.385. The molecule has 0 fully saturated rings. The van der Waals surface area contributed by atoms with E-state index in [-0.39, 0.29) is 5.92 Å². The molecular weight excluding hydrogens is 248 g/mol. The highest BCUT2D eigenvalue weighted by Gasteiger charge is 2.20. The van der Waals surface area contributed by atoms with Crippen LogP contribution in [0.15, 0.2) is 34.2 Å². The SMILES string of the molecule is CC(C#N)CSC1=Nc2ccccc2SC1C. The van der Waals surface area contributed by atoms with Crippen molar-refractivity contribution in [1.82, 2.24) is 0 Å². The van der Waals surface area contributed by atoms with Gasteiger partial charge < -0.3 is 0 Å². The molecule has 1 aliphatic rings. The van der Waals surface area contributed by atoms with E-state index >= 15 is 0 Å². The van der Waals surface area contributed by atoms with Crippen LogP contribution in [-0.4, -0.2) is 16.0 Å². The van der Waals surface area contributed by atoms with Crippen molar-refractivity contribution in [2.45, 2.75) is 24.0 Å². The standard InChI is InChI=1S/C13H14N2S2/c1-9(7-14)8-16-13-10(2)17-12-6-4-3-5-11(12)15-13/h3-6,9-10H,8H2,1-2H3. The monoisotopic (exact) mass is 262 g/mol. The molecule has 2 rings (SSSR count). The molecule has 2 nitrogen and oxygen atoms in total. The van der Waals surface area contributed by atoms with Crippen molar-refractivity contribution in [3.63, 3.8) is 0 Å². The molecule has 0 aromatic heterocycles. The van der Waals surface area contributed by atoms with Crippen LogP contribution >= 0.6 is 23.5 Å². The van der Waals surface area contributed by atoms with Crippen LogP contribution in [0.25, 0.3) is 0 Å². The number of aliphatic imine (C=N–C) groups is 1. The number of benzene rings is 1. The van der Waals surface area contributed by atoms with E-state index < -0.39 is 0 Å². The molecule has 0 saturated heterocycles. The molecule has 4 heteroatoms. The van der Waals surface area contributed by atoms with Crippen molar-refractivity contribution in [3.8, 4) is 6.07 Å². The number of hydrogen-bond acceptors (Lipinski definition) is 4. The predicted octanol–water partition coefficient (Wildman–Crippen LogP) is 4.10. The summed E-state index contributed by atoms with van der Waals surface area (Å²) in [5.74, 6) is 0.902. The van der Waals surface area contributed by atoms with Crippen LogP contribution in [0.5, 0.6) is 0 Å². The fourth-order valence-corrected chi connectivity index (χ4v) is 3.66. The summed E-state index contributed by atoms with van der Waals surface area (Å²) in [7, 11) is 0. The first-order valence-electron chi connectivity index (χ1n) is 5.57. The van der Waals surface area contributed by atoms with Crippen molar-refractivity contribution < 1.29 is 0 Å². The Morgan fingerprint density at radius 1 is 1.53 bits per heavy atom. The van der Waals surface area contributed by atoms with Crippen LogP contribution in [0.1, 0.15) is 13.8 Å². The third-order valence-corrected chi connectivity index (χ3v) is 5.18. The second-order valence-electron chi connectivity index (χ2n) is 4.02. The second kappa shape index (κ2) is 5.61. The molecule has 17 heavy (non-hydrogen) atoms. The summed E-state index contributed by atoms with van der Waals surface area (Å²) in [6.07, 6.45) is 0. The van der Waals surface area contributed by atoms with Crippen LogP contribution < -0.4 is 0 Å². The normalized spacial score (nSPS) is 20.1. The van der Waals surface area contributed by atoms with Crippen molar-refractivity contribution in [1.29, 1.82) is 5.26 Å². The maximum atomic E-state index is 8.78. The third kappa shape index (κ3) is 3.05. The molecule has 88 valence electrons. The quantitative estimate of drug-likeness (QED) is 0.805. The highest BCUT2D eigenvalue weighted by Crippen LogP contribution is 2.39. The Morgan fingerprint density at radius 3 is 3.06 bits per heavy atom. The Bertz CT molecular complexity index is 477. The van der Waals surface area contributed by atoms with E-state index in [1.54, 1.807) is 11.8 Å². The second-order valence-corrected chi connectivity index (χ2v) is 6.44. The first-order chi connectivity index (χ1) is 8.20. The first-order valence-corrected chi connectivity index (χ1v) is 7.44. The summed E-state index contributed by atoms with van der Waals surface area (Å²) < 4.78 is 0. The molecule has 1 aromatic rings. The van der Waals surface area contributed by atoms with Gasteiger partial charge in [-0.2, -0.15) is 5.26 Å². The minimum atomic E-state index is 0.0806. The van der Waals surface area contributed by atoms with Crippen LogP contribution in [-0.2, 0) is 0 Å². The van der Waals surface area contributed by atoms with E-state index in [2.05, 4.69) is 24.1 Å². The zero-order valence-electron chi connectivity index (χ0n) is 9.88. The van der Waals surface area contributed by atoms with E-state index in [9.17, 15) is 0 Å². The van der Waals surface area contributed by atoms with Gasteiger partial charge >= 0.3 is 0 Å². The number of hydrogen-bond donors (Lipinski definition) is 0. The third-order valence-electron chi connectivity index (χ3n) is 2.45. The van der Waals surface area contributed by atoms with Crippen molar-refractivity contribution >= 4 is 34.3 Å². The number of nitriles is 1. The molecule has 2 unspecified atom stereocenters. The van der Waals surface area contributed by atoms with Gasteiger partial charge in [-0.05, 0) is 26.0 Å². The summed E-state index contributed by atoms with van der Waals surface area (Å²) in [6.45, 7) is 4.12. The zero-order chi connectivity index (χ0) is 12.3. The largest absolute Gasteiger partial charge is 0.244 e. The van der Waals surface area contributed by atoms with Gasteiger partial charge in [0.1, 0.15) is 0 Å². The Balaban J connectivity index is 2.13. The maximum absolute atomic E-state index is 8.78. The topological polar surface area (TPSA) is 36.1 Å². The van der Waals surface area contributed by atoms with Crippen LogP contribution in [0, 0.1) is 17.2 Å². The van der Waals surface area contributed by atoms with Crippen LogP contribution in [0.4, 0.5) is 5.69 Å². The fourth-order valence-electron chi connectivity index (χ4n) is 1.50. The van der Waals surface area contributed by atoms with Gasteiger partial charge in [0.05, 0.1) is 28.0 Å². The molecule has 1 aliphatic heterocycles. The zero-order valence-corrected chi connectivity index (χ0v) is 11.5. The smallest absolute Gasteiger partial charge is 0.0870 e. The van der Waals surface area contributed by atoms with Gasteiger partial charge in [-0.15, -0.1) is 23.5 Å². The lowest BCUT2D eigenvalue weighted by molar-refractivity contribution is 0.866. The molecule has 0 amide bonds. The van der Waals surface area contributed by atoms with E-state index in [1.807, 2.05) is 36.9 Å². The minimum Gasteiger partial charge on any atom is -0.244 e. The average molecular weight is 262 g/mol. The molecule has 2 atom stereocenters. The Morgan fingerprint density at radius 2 is 2.29 bits per heavy atom. The number of nitrogens with zero attached hydrogens (tertiary/aromatic N) is 2. The molecule has 0 bridgehead atoms. The van der Waals surface area contributed by atoms with Gasteiger partial charge in [-0.1, -0.05) is 12.1 Å². The van der Waals surface area contributed by atoms with Gasteiger partial charge in [0, 0.05) is 10.6 Å². The summed E-state index contributed by atoms with van der Waals surface area (Å²) in [5.41, 5.74) is 1.06. The summed E-state index contributed by atoms with van der Waals surface area (Å²) in [5, 5.41) is 10.3. The van der Waals surface area contributed by atoms with Crippen molar-refractivity contribution in [3.05, 3.63) is 24.3 Å². The first kappa shape index (κ1) is 12.5. The van der Waals surface area contributed by atoms with Gasteiger partial charge in [0.25, 0.3) is 0 Å². The molecule has 0 saturated carbocycles. The lowest BCUT2D eigenvalue weighted by atomic mass is 10.3. The average Bonchev–Trinajstić information content (AvgIpc) is 2.35. The molecule has 1 heterocycles. The Labute approximate surface area is 111 Å². The molecule has 0 radical (unpaired) electrons. The molecule has 1 aromatic carbocycles. The van der Waals surface area contributed by atoms with Gasteiger partial charge in [0.2, 0.25) is 0 Å². The highest BCUT2D eigenvalue weighted by atomic mass is 32.2. The van der Waals surface area contributed by atoms with E-state index in [0.717, 1.165) is 16.5 Å². The number of rotatable bonds is 2. The Hall–Kier alpha value is -0.920. The minimum absolute atomic E-state index is 0.0806. The van der Waals surface area contributed by atoms with Crippen molar-refractivity contribution in [2.75, 3.05) is 5.75 Å². The molecule has 0 aliphatic carbocycles. The maximum Gasteiger partial charge on any atom is 0.0870 e. The van der Waals surface area contributed by atoms with E-state index in [1.165, 1.54) is 4.90 Å². The molecule has 0 spiro atoms. The van der Waals surface area contributed by atoms with Crippen LogP contribution in [0.3, 0.4) is 0 Å². The molecular formula is C13H14N2S2. The molecule has 0 N–H and O–H groups in total. The summed E-state index contributed by atoms with van der Waals surface area (Å²) in [6, 6.07) is 10.5. The van der Waals surface area contributed by atoms with Gasteiger partial charge in [0.15, 0.2) is 0 Å². The number of thioether (sulfide) groups is 2. The summed E-state index contributed by atoms with van der Waals surface area (Å²) >= 11 is 3.55. The number of fused-ring (bicyclic) bond motifs is 1.